The van der Waals surface area contributed by atoms with Gasteiger partial charge in [-0.1, -0.05) is 19.1 Å². The predicted molar refractivity (Wildman–Crippen MR) is 74.4 cm³/mol. The van der Waals surface area contributed by atoms with E-state index in [1.807, 2.05) is 18.4 Å². The van der Waals surface area contributed by atoms with Crippen LogP contribution in [0.25, 0.3) is 0 Å². The third-order valence-electron chi connectivity index (χ3n) is 2.18. The Kier molecular flexibility index (Phi) is 5.37. The van der Waals surface area contributed by atoms with Crippen LogP contribution in [-0.2, 0) is 11.3 Å². The third kappa shape index (κ3) is 3.54. The molecule has 0 radical (unpaired) electrons. The van der Waals surface area contributed by atoms with Gasteiger partial charge in [0.25, 0.3) is 0 Å². The molecule has 3 N–H and O–H groups in total. The number of thiocarbonyl (C=S) groups is 1. The van der Waals surface area contributed by atoms with Gasteiger partial charge in [-0.15, -0.1) is 11.3 Å². The molecule has 0 spiro atoms. The highest BCUT2D eigenvalue weighted by molar-refractivity contribution is 9.10. The number of amides is 1. The third-order valence-corrected chi connectivity index (χ3v) is 4.39. The molecule has 0 aromatic carbocycles. The van der Waals surface area contributed by atoms with Gasteiger partial charge in [0.1, 0.15) is 0 Å². The molecule has 0 aliphatic rings. The Morgan fingerprint density at radius 2 is 2.44 bits per heavy atom. The standard InChI is InChI=1S/C10H13BrN2OS2/c1-2-6(9(12)15)10(14)13-5-8-7(11)3-4-16-8/h3-4,6H,2,5H2,1H3,(H2,12,15)(H,13,14). The summed E-state index contributed by atoms with van der Waals surface area (Å²) in [7, 11) is 0. The first kappa shape index (κ1) is 13.6. The van der Waals surface area contributed by atoms with Crippen LogP contribution in [0.5, 0.6) is 0 Å². The molecule has 0 bridgehead atoms. The zero-order chi connectivity index (χ0) is 12.1. The molecular weight excluding hydrogens is 308 g/mol. The highest BCUT2D eigenvalue weighted by Gasteiger charge is 2.18. The fraction of sp³-hybridized carbons (Fsp3) is 0.400. The van der Waals surface area contributed by atoms with Crippen molar-refractivity contribution in [3.63, 3.8) is 0 Å². The molecule has 3 nitrogen and oxygen atoms in total. The van der Waals surface area contributed by atoms with Crippen LogP contribution in [0.4, 0.5) is 0 Å². The van der Waals surface area contributed by atoms with E-state index in [9.17, 15) is 4.79 Å². The average molecular weight is 321 g/mol. The van der Waals surface area contributed by atoms with Gasteiger partial charge in [-0.2, -0.15) is 0 Å². The van der Waals surface area contributed by atoms with E-state index in [0.717, 1.165) is 9.35 Å². The SMILES string of the molecule is CCC(C(=O)NCc1sccc1Br)C(N)=S. The molecule has 16 heavy (non-hydrogen) atoms. The van der Waals surface area contributed by atoms with Crippen LogP contribution in [0.1, 0.15) is 18.2 Å². The summed E-state index contributed by atoms with van der Waals surface area (Å²) in [5.41, 5.74) is 5.49. The number of rotatable bonds is 5. The number of hydrogen-bond acceptors (Lipinski definition) is 3. The monoisotopic (exact) mass is 320 g/mol. The van der Waals surface area contributed by atoms with E-state index in [2.05, 4.69) is 21.2 Å². The minimum atomic E-state index is -0.367. The lowest BCUT2D eigenvalue weighted by molar-refractivity contribution is -0.123. The minimum Gasteiger partial charge on any atom is -0.393 e. The van der Waals surface area contributed by atoms with E-state index < -0.39 is 0 Å². The van der Waals surface area contributed by atoms with Crippen molar-refractivity contribution in [2.24, 2.45) is 11.7 Å². The van der Waals surface area contributed by atoms with Crippen molar-refractivity contribution in [1.29, 1.82) is 0 Å². The lowest BCUT2D eigenvalue weighted by Gasteiger charge is -2.12. The molecule has 1 amide bonds. The number of hydrogen-bond donors (Lipinski definition) is 2. The van der Waals surface area contributed by atoms with Crippen molar-refractivity contribution in [3.05, 3.63) is 20.8 Å². The van der Waals surface area contributed by atoms with Crippen molar-refractivity contribution in [2.45, 2.75) is 19.9 Å². The van der Waals surface area contributed by atoms with Crippen LogP contribution in [0.15, 0.2) is 15.9 Å². The second kappa shape index (κ2) is 6.32. The summed E-state index contributed by atoms with van der Waals surface area (Å²) in [6.07, 6.45) is 0.632. The van der Waals surface area contributed by atoms with Gasteiger partial charge in [-0.25, -0.2) is 0 Å². The predicted octanol–water partition coefficient (Wildman–Crippen LogP) is 2.44. The Balaban J connectivity index is 2.52. The molecule has 1 heterocycles. The molecule has 1 aromatic rings. The molecule has 0 saturated carbocycles. The first-order valence-corrected chi connectivity index (χ1v) is 6.93. The van der Waals surface area contributed by atoms with E-state index in [-0.39, 0.29) is 16.8 Å². The molecule has 1 aromatic heterocycles. The molecule has 1 atom stereocenters. The number of carbonyl (C=O) groups excluding carboxylic acids is 1. The highest BCUT2D eigenvalue weighted by atomic mass is 79.9. The van der Waals surface area contributed by atoms with Crippen molar-refractivity contribution >= 4 is 50.4 Å². The van der Waals surface area contributed by atoms with Crippen LogP contribution in [-0.4, -0.2) is 10.9 Å². The molecule has 0 fully saturated rings. The normalized spacial score (nSPS) is 12.1. The topological polar surface area (TPSA) is 55.1 Å². The fourth-order valence-electron chi connectivity index (χ4n) is 1.26. The van der Waals surface area contributed by atoms with Crippen molar-refractivity contribution in [3.8, 4) is 0 Å². The summed E-state index contributed by atoms with van der Waals surface area (Å²) >= 11 is 9.84. The Morgan fingerprint density at radius 1 is 1.75 bits per heavy atom. The molecule has 6 heteroatoms. The fourth-order valence-corrected chi connectivity index (χ4v) is 2.96. The molecule has 1 unspecified atom stereocenters. The largest absolute Gasteiger partial charge is 0.393 e. The summed E-state index contributed by atoms with van der Waals surface area (Å²) in [5, 5.41) is 4.80. The molecule has 0 aliphatic heterocycles. The summed E-state index contributed by atoms with van der Waals surface area (Å²) in [4.78, 5) is 13.1. The molecule has 1 rings (SSSR count). The Labute approximate surface area is 113 Å². The molecule has 88 valence electrons. The molecular formula is C10H13BrN2OS2. The van der Waals surface area contributed by atoms with Gasteiger partial charge in [-0.3, -0.25) is 4.79 Å². The van der Waals surface area contributed by atoms with Gasteiger partial charge in [-0.05, 0) is 33.8 Å². The number of thiophene rings is 1. The molecule has 0 saturated heterocycles. The lowest BCUT2D eigenvalue weighted by Crippen LogP contribution is -2.37. The number of nitrogens with two attached hydrogens (primary N) is 1. The van der Waals surface area contributed by atoms with Gasteiger partial charge in [0.2, 0.25) is 5.91 Å². The second-order valence-electron chi connectivity index (χ2n) is 3.27. The summed E-state index contributed by atoms with van der Waals surface area (Å²) in [5.74, 6) is -0.468. The Hall–Kier alpha value is -0.460. The first-order chi connectivity index (χ1) is 7.56. The second-order valence-corrected chi connectivity index (χ2v) is 5.60. The zero-order valence-electron chi connectivity index (χ0n) is 8.83. The van der Waals surface area contributed by atoms with Gasteiger partial charge < -0.3 is 11.1 Å². The minimum absolute atomic E-state index is 0.102. The molecule has 0 aliphatic carbocycles. The maximum Gasteiger partial charge on any atom is 0.230 e. The maximum atomic E-state index is 11.7. The Bertz CT molecular complexity index is 392. The highest BCUT2D eigenvalue weighted by Crippen LogP contribution is 2.22. The van der Waals surface area contributed by atoms with E-state index >= 15 is 0 Å². The van der Waals surface area contributed by atoms with Crippen molar-refractivity contribution in [2.75, 3.05) is 0 Å². The average Bonchev–Trinajstić information content (AvgIpc) is 2.61. The van der Waals surface area contributed by atoms with Crippen molar-refractivity contribution < 1.29 is 4.79 Å². The van der Waals surface area contributed by atoms with E-state index in [1.54, 1.807) is 11.3 Å². The summed E-state index contributed by atoms with van der Waals surface area (Å²) in [6, 6.07) is 1.96. The van der Waals surface area contributed by atoms with Gasteiger partial charge in [0.05, 0.1) is 17.5 Å². The van der Waals surface area contributed by atoms with Gasteiger partial charge in [0, 0.05) is 9.35 Å². The number of nitrogens with one attached hydrogen (secondary N) is 1. The first-order valence-electron chi connectivity index (χ1n) is 4.85. The maximum absolute atomic E-state index is 11.7. The lowest BCUT2D eigenvalue weighted by atomic mass is 10.1. The van der Waals surface area contributed by atoms with Crippen LogP contribution in [0, 0.1) is 5.92 Å². The van der Waals surface area contributed by atoms with Crippen LogP contribution < -0.4 is 11.1 Å². The number of carbonyl (C=O) groups is 1. The van der Waals surface area contributed by atoms with E-state index in [1.165, 1.54) is 0 Å². The van der Waals surface area contributed by atoms with E-state index in [0.29, 0.717) is 13.0 Å². The van der Waals surface area contributed by atoms with Gasteiger partial charge in [0.15, 0.2) is 0 Å². The quantitative estimate of drug-likeness (QED) is 0.819. The summed E-state index contributed by atoms with van der Waals surface area (Å²) in [6.45, 7) is 2.40. The van der Waals surface area contributed by atoms with Crippen LogP contribution >= 0.6 is 39.5 Å². The van der Waals surface area contributed by atoms with Crippen LogP contribution in [0.2, 0.25) is 0 Å². The Morgan fingerprint density at radius 3 is 2.88 bits per heavy atom. The van der Waals surface area contributed by atoms with Crippen LogP contribution in [0.3, 0.4) is 0 Å². The number of halogens is 1. The zero-order valence-corrected chi connectivity index (χ0v) is 12.0. The van der Waals surface area contributed by atoms with Gasteiger partial charge >= 0.3 is 0 Å². The summed E-state index contributed by atoms with van der Waals surface area (Å²) < 4.78 is 1.01. The smallest absolute Gasteiger partial charge is 0.230 e. The van der Waals surface area contributed by atoms with Crippen molar-refractivity contribution in [1.82, 2.24) is 5.32 Å². The van der Waals surface area contributed by atoms with E-state index in [4.69, 9.17) is 18.0 Å².